The van der Waals surface area contributed by atoms with E-state index in [1.807, 2.05) is 11.2 Å². The van der Waals surface area contributed by atoms with E-state index in [9.17, 15) is 9.50 Å². The van der Waals surface area contributed by atoms with Gasteiger partial charge >= 0.3 is 0 Å². The van der Waals surface area contributed by atoms with Crippen LogP contribution >= 0.6 is 23.4 Å². The van der Waals surface area contributed by atoms with Crippen molar-refractivity contribution in [2.45, 2.75) is 30.5 Å². The molecular formula is C15H18ClFN4O2S. The molecule has 6 nitrogen and oxygen atoms in total. The van der Waals surface area contributed by atoms with Crippen LogP contribution in [0.25, 0.3) is 10.9 Å². The number of aliphatic hydroxyl groups is 1. The van der Waals surface area contributed by atoms with E-state index < -0.39 is 11.4 Å². The van der Waals surface area contributed by atoms with Gasteiger partial charge in [0.25, 0.3) is 0 Å². The number of piperidine rings is 1. The Morgan fingerprint density at radius 2 is 2.12 bits per heavy atom. The van der Waals surface area contributed by atoms with Crippen LogP contribution in [0.5, 0.6) is 5.88 Å². The van der Waals surface area contributed by atoms with E-state index in [0.29, 0.717) is 35.9 Å². The van der Waals surface area contributed by atoms with Crippen molar-refractivity contribution in [2.75, 3.05) is 31.4 Å². The van der Waals surface area contributed by atoms with Gasteiger partial charge in [-0.3, -0.25) is 0 Å². The maximum absolute atomic E-state index is 14.5. The number of β-amino-alcohol motifs (C(OH)–C–C–N with tert-alkyl or cyclic N) is 1. The summed E-state index contributed by atoms with van der Waals surface area (Å²) in [5.41, 5.74) is -0.757. The minimum atomic E-state index is -0.833. The van der Waals surface area contributed by atoms with E-state index in [0.717, 1.165) is 6.42 Å². The van der Waals surface area contributed by atoms with Gasteiger partial charge < -0.3 is 14.7 Å². The van der Waals surface area contributed by atoms with Gasteiger partial charge in [0.05, 0.1) is 12.7 Å². The molecule has 0 aromatic carbocycles. The van der Waals surface area contributed by atoms with E-state index in [2.05, 4.69) is 15.0 Å². The van der Waals surface area contributed by atoms with Crippen LogP contribution in [0.4, 0.5) is 10.2 Å². The highest BCUT2D eigenvalue weighted by molar-refractivity contribution is 7.98. The van der Waals surface area contributed by atoms with Crippen LogP contribution in [-0.4, -0.2) is 52.1 Å². The SMILES string of the molecule is COc1nc(Cl)c(F)c2nc(SC)nc(N3CCCC(C)(O)C3)c12. The number of halogens is 2. The van der Waals surface area contributed by atoms with Gasteiger partial charge in [-0.15, -0.1) is 0 Å². The van der Waals surface area contributed by atoms with E-state index in [4.69, 9.17) is 16.3 Å². The van der Waals surface area contributed by atoms with Gasteiger partial charge in [0.2, 0.25) is 5.88 Å². The molecule has 3 heterocycles. The second-order valence-electron chi connectivity index (χ2n) is 6.01. The Hall–Kier alpha value is -1.38. The van der Waals surface area contributed by atoms with Crippen LogP contribution in [0.1, 0.15) is 19.8 Å². The minimum Gasteiger partial charge on any atom is -0.480 e. The average Bonchev–Trinajstić information content (AvgIpc) is 2.56. The molecule has 1 saturated heterocycles. The fourth-order valence-electron chi connectivity index (χ4n) is 2.95. The molecule has 0 bridgehead atoms. The molecule has 2 aromatic rings. The number of nitrogens with zero attached hydrogens (tertiary/aromatic N) is 4. The first kappa shape index (κ1) is 17.4. The molecule has 0 radical (unpaired) electrons. The normalized spacial score (nSPS) is 21.3. The topological polar surface area (TPSA) is 71.4 Å². The number of thioether (sulfide) groups is 1. The maximum atomic E-state index is 14.5. The third kappa shape index (κ3) is 3.10. The fourth-order valence-corrected chi connectivity index (χ4v) is 3.47. The number of rotatable bonds is 3. The van der Waals surface area contributed by atoms with Crippen molar-refractivity contribution in [3.05, 3.63) is 11.0 Å². The zero-order chi connectivity index (χ0) is 17.5. The third-order valence-electron chi connectivity index (χ3n) is 4.02. The lowest BCUT2D eigenvalue weighted by molar-refractivity contribution is 0.0447. The van der Waals surface area contributed by atoms with Gasteiger partial charge in [-0.05, 0) is 26.0 Å². The second kappa shape index (κ2) is 6.50. The Balaban J connectivity index is 2.27. The predicted molar refractivity (Wildman–Crippen MR) is 92.7 cm³/mol. The molecule has 1 aliphatic heterocycles. The zero-order valence-corrected chi connectivity index (χ0v) is 15.2. The number of pyridine rings is 1. The molecule has 3 rings (SSSR count). The van der Waals surface area contributed by atoms with Crippen LogP contribution in [0.3, 0.4) is 0 Å². The lowest BCUT2D eigenvalue weighted by Gasteiger charge is -2.38. The number of hydrogen-bond acceptors (Lipinski definition) is 7. The molecule has 2 aromatic heterocycles. The third-order valence-corrected chi connectivity index (χ3v) is 4.82. The first-order valence-corrected chi connectivity index (χ1v) is 9.08. The molecule has 24 heavy (non-hydrogen) atoms. The molecule has 0 amide bonds. The van der Waals surface area contributed by atoms with E-state index in [1.165, 1.54) is 18.9 Å². The number of methoxy groups -OCH3 is 1. The van der Waals surface area contributed by atoms with Crippen molar-refractivity contribution in [1.82, 2.24) is 15.0 Å². The molecule has 9 heteroatoms. The van der Waals surface area contributed by atoms with E-state index in [1.54, 1.807) is 6.92 Å². The molecule has 0 saturated carbocycles. The number of anilines is 1. The van der Waals surface area contributed by atoms with Gasteiger partial charge in [0.1, 0.15) is 16.7 Å². The van der Waals surface area contributed by atoms with Crippen LogP contribution in [0.15, 0.2) is 5.16 Å². The van der Waals surface area contributed by atoms with Gasteiger partial charge in [0, 0.05) is 13.1 Å². The summed E-state index contributed by atoms with van der Waals surface area (Å²) in [6, 6.07) is 0. The first-order valence-electron chi connectivity index (χ1n) is 7.48. The van der Waals surface area contributed by atoms with Crippen molar-refractivity contribution in [2.24, 2.45) is 0 Å². The summed E-state index contributed by atoms with van der Waals surface area (Å²) in [7, 11) is 1.44. The zero-order valence-electron chi connectivity index (χ0n) is 13.6. The van der Waals surface area contributed by atoms with Crippen LogP contribution in [-0.2, 0) is 0 Å². The number of ether oxygens (including phenoxy) is 1. The van der Waals surface area contributed by atoms with Crippen molar-refractivity contribution < 1.29 is 14.2 Å². The minimum absolute atomic E-state index is 0.0754. The Morgan fingerprint density at radius 1 is 1.38 bits per heavy atom. The summed E-state index contributed by atoms with van der Waals surface area (Å²) in [5.74, 6) is -0.0244. The van der Waals surface area contributed by atoms with Gasteiger partial charge in [-0.1, -0.05) is 23.4 Å². The van der Waals surface area contributed by atoms with E-state index in [-0.39, 0.29) is 16.5 Å². The standard InChI is InChI=1S/C15H18ClFN4O2S/c1-15(22)5-4-6-21(7-15)12-8-10(18-14(20-12)24-3)9(17)11(16)19-13(8)23-2/h22H,4-7H2,1-3H3. The van der Waals surface area contributed by atoms with Gasteiger partial charge in [-0.2, -0.15) is 4.98 Å². The second-order valence-corrected chi connectivity index (χ2v) is 7.14. The Kier molecular flexibility index (Phi) is 4.72. The summed E-state index contributed by atoms with van der Waals surface area (Å²) >= 11 is 7.17. The van der Waals surface area contributed by atoms with Crippen LogP contribution in [0.2, 0.25) is 5.15 Å². The monoisotopic (exact) mass is 372 g/mol. The molecule has 1 aliphatic rings. The molecule has 130 valence electrons. The largest absolute Gasteiger partial charge is 0.480 e. The summed E-state index contributed by atoms with van der Waals surface area (Å²) in [6.45, 7) is 2.87. The van der Waals surface area contributed by atoms with Gasteiger partial charge in [0.15, 0.2) is 16.1 Å². The maximum Gasteiger partial charge on any atom is 0.228 e. The number of fused-ring (bicyclic) bond motifs is 1. The molecule has 1 fully saturated rings. The number of hydrogen-bond donors (Lipinski definition) is 1. The Bertz CT molecular complexity index is 790. The molecular weight excluding hydrogens is 355 g/mol. The average molecular weight is 373 g/mol. The fraction of sp³-hybridized carbons (Fsp3) is 0.533. The van der Waals surface area contributed by atoms with Gasteiger partial charge in [-0.25, -0.2) is 14.4 Å². The Morgan fingerprint density at radius 3 is 2.75 bits per heavy atom. The van der Waals surface area contributed by atoms with E-state index >= 15 is 0 Å². The summed E-state index contributed by atoms with van der Waals surface area (Å²) < 4.78 is 19.8. The highest BCUT2D eigenvalue weighted by Gasteiger charge is 2.32. The highest BCUT2D eigenvalue weighted by Crippen LogP contribution is 2.37. The molecule has 0 aliphatic carbocycles. The predicted octanol–water partition coefficient (Wildman–Crippen LogP) is 2.90. The van der Waals surface area contributed by atoms with Crippen LogP contribution < -0.4 is 9.64 Å². The summed E-state index contributed by atoms with van der Waals surface area (Å²) in [6.07, 6.45) is 3.33. The molecule has 0 spiro atoms. The van der Waals surface area contributed by atoms with Crippen molar-refractivity contribution >= 4 is 40.1 Å². The molecule has 1 N–H and O–H groups in total. The smallest absolute Gasteiger partial charge is 0.228 e. The van der Waals surface area contributed by atoms with Crippen molar-refractivity contribution in [3.63, 3.8) is 0 Å². The van der Waals surface area contributed by atoms with Crippen LogP contribution in [0, 0.1) is 5.82 Å². The highest BCUT2D eigenvalue weighted by atomic mass is 35.5. The molecule has 1 atom stereocenters. The Labute approximate surface area is 148 Å². The quantitative estimate of drug-likeness (QED) is 0.504. The molecule has 1 unspecified atom stereocenters. The van der Waals surface area contributed by atoms with Crippen molar-refractivity contribution in [3.8, 4) is 5.88 Å². The first-order chi connectivity index (χ1) is 11.4. The summed E-state index contributed by atoms with van der Waals surface area (Å²) in [4.78, 5) is 14.6. The lowest BCUT2D eigenvalue weighted by Crippen LogP contribution is -2.46. The number of aromatic nitrogens is 3. The lowest BCUT2D eigenvalue weighted by atomic mass is 9.95. The summed E-state index contributed by atoms with van der Waals surface area (Å²) in [5, 5.41) is 10.9. The van der Waals surface area contributed by atoms with Crippen molar-refractivity contribution in [1.29, 1.82) is 0 Å².